The molecule has 0 amide bonds. The van der Waals surface area contributed by atoms with Crippen LogP contribution in [-0.2, 0) is 6.54 Å². The molecule has 16 heavy (non-hydrogen) atoms. The fourth-order valence-electron chi connectivity index (χ4n) is 1.56. The van der Waals surface area contributed by atoms with Crippen molar-refractivity contribution in [2.24, 2.45) is 5.73 Å². The van der Waals surface area contributed by atoms with E-state index in [9.17, 15) is 4.79 Å². The van der Waals surface area contributed by atoms with Crippen molar-refractivity contribution < 1.29 is 0 Å². The molecule has 0 radical (unpaired) electrons. The van der Waals surface area contributed by atoms with Gasteiger partial charge in [0.2, 0.25) is 0 Å². The van der Waals surface area contributed by atoms with E-state index in [2.05, 4.69) is 9.97 Å². The van der Waals surface area contributed by atoms with Crippen LogP contribution in [0.25, 0.3) is 11.4 Å². The smallest absolute Gasteiger partial charge is 0.251 e. The first-order valence-electron chi connectivity index (χ1n) is 5.06. The average molecular weight is 215 g/mol. The highest BCUT2D eigenvalue weighted by molar-refractivity contribution is 5.55. The lowest BCUT2D eigenvalue weighted by atomic mass is 10.1. The summed E-state index contributed by atoms with van der Waals surface area (Å²) in [5.41, 5.74) is 8.03. The summed E-state index contributed by atoms with van der Waals surface area (Å²) in [5.74, 6) is 0.584. The molecule has 0 bridgehead atoms. The molecule has 82 valence electrons. The molecule has 0 saturated carbocycles. The molecule has 3 N–H and O–H groups in total. The van der Waals surface area contributed by atoms with E-state index in [-0.39, 0.29) is 5.56 Å². The van der Waals surface area contributed by atoms with Crippen molar-refractivity contribution in [2.45, 2.75) is 13.5 Å². The molecule has 4 heteroatoms. The lowest BCUT2D eigenvalue weighted by molar-refractivity contribution is 1.05. The van der Waals surface area contributed by atoms with E-state index in [1.165, 1.54) is 6.07 Å². The lowest BCUT2D eigenvalue weighted by Crippen LogP contribution is -2.08. The number of H-pyrrole nitrogens is 1. The van der Waals surface area contributed by atoms with Gasteiger partial charge in [-0.15, -0.1) is 0 Å². The molecule has 0 spiro atoms. The fourth-order valence-corrected chi connectivity index (χ4v) is 1.56. The molecular weight excluding hydrogens is 202 g/mol. The van der Waals surface area contributed by atoms with Crippen molar-refractivity contribution >= 4 is 0 Å². The summed E-state index contributed by atoms with van der Waals surface area (Å²) >= 11 is 0. The van der Waals surface area contributed by atoms with E-state index in [1.54, 1.807) is 6.92 Å². The molecule has 1 aromatic carbocycles. The zero-order valence-electron chi connectivity index (χ0n) is 9.03. The number of aryl methyl sites for hydroxylation is 1. The third-order valence-corrected chi connectivity index (χ3v) is 2.31. The predicted octanol–water partition coefficient (Wildman–Crippen LogP) is 1.20. The zero-order chi connectivity index (χ0) is 11.5. The Hall–Kier alpha value is -1.94. The molecule has 0 aliphatic carbocycles. The monoisotopic (exact) mass is 215 g/mol. The number of hydrogen-bond donors (Lipinski definition) is 2. The SMILES string of the molecule is Cc1cc(=O)[nH]c(-c2cccc(CN)c2)n1. The Kier molecular flexibility index (Phi) is 2.83. The summed E-state index contributed by atoms with van der Waals surface area (Å²) in [5, 5.41) is 0. The molecule has 0 atom stereocenters. The summed E-state index contributed by atoms with van der Waals surface area (Å²) in [6.07, 6.45) is 0. The van der Waals surface area contributed by atoms with Gasteiger partial charge in [0.05, 0.1) is 0 Å². The first-order valence-corrected chi connectivity index (χ1v) is 5.06. The standard InChI is InChI=1S/C12H13N3O/c1-8-5-11(16)15-12(14-8)10-4-2-3-9(6-10)7-13/h2-6H,7,13H2,1H3,(H,14,15,16). The number of nitrogens with two attached hydrogens (primary N) is 1. The first kappa shape index (κ1) is 10.6. The van der Waals surface area contributed by atoms with Gasteiger partial charge in [0.25, 0.3) is 5.56 Å². The summed E-state index contributed by atoms with van der Waals surface area (Å²) < 4.78 is 0. The normalized spacial score (nSPS) is 10.4. The van der Waals surface area contributed by atoms with Crippen LogP contribution >= 0.6 is 0 Å². The molecule has 4 nitrogen and oxygen atoms in total. The second kappa shape index (κ2) is 4.28. The number of aromatic nitrogens is 2. The third kappa shape index (κ3) is 2.17. The van der Waals surface area contributed by atoms with Gasteiger partial charge in [0.15, 0.2) is 0 Å². The van der Waals surface area contributed by atoms with Crippen molar-refractivity contribution in [1.29, 1.82) is 0 Å². The Morgan fingerprint density at radius 2 is 2.19 bits per heavy atom. The summed E-state index contributed by atoms with van der Waals surface area (Å²) in [4.78, 5) is 18.3. The summed E-state index contributed by atoms with van der Waals surface area (Å²) in [6.45, 7) is 2.27. The van der Waals surface area contributed by atoms with Crippen molar-refractivity contribution in [3.63, 3.8) is 0 Å². The molecule has 0 fully saturated rings. The van der Waals surface area contributed by atoms with Crippen LogP contribution in [0.5, 0.6) is 0 Å². The van der Waals surface area contributed by atoms with Gasteiger partial charge in [-0.2, -0.15) is 0 Å². The summed E-state index contributed by atoms with van der Waals surface area (Å²) in [7, 11) is 0. The van der Waals surface area contributed by atoms with Gasteiger partial charge < -0.3 is 10.7 Å². The van der Waals surface area contributed by atoms with Gasteiger partial charge in [-0.1, -0.05) is 18.2 Å². The number of nitrogens with zero attached hydrogens (tertiary/aromatic N) is 1. The summed E-state index contributed by atoms with van der Waals surface area (Å²) in [6, 6.07) is 9.14. The van der Waals surface area contributed by atoms with Crippen LogP contribution in [0.2, 0.25) is 0 Å². The van der Waals surface area contributed by atoms with Crippen molar-refractivity contribution in [2.75, 3.05) is 0 Å². The van der Waals surface area contributed by atoms with Crippen molar-refractivity contribution in [3.8, 4) is 11.4 Å². The predicted molar refractivity (Wildman–Crippen MR) is 62.9 cm³/mol. The Balaban J connectivity index is 2.53. The fraction of sp³-hybridized carbons (Fsp3) is 0.167. The highest BCUT2D eigenvalue weighted by atomic mass is 16.1. The van der Waals surface area contributed by atoms with Gasteiger partial charge in [0, 0.05) is 23.9 Å². The van der Waals surface area contributed by atoms with Crippen LogP contribution in [0.4, 0.5) is 0 Å². The second-order valence-corrected chi connectivity index (χ2v) is 3.64. The van der Waals surface area contributed by atoms with Crippen LogP contribution in [-0.4, -0.2) is 9.97 Å². The molecule has 2 rings (SSSR count). The van der Waals surface area contributed by atoms with E-state index in [0.29, 0.717) is 18.1 Å². The van der Waals surface area contributed by atoms with Gasteiger partial charge in [-0.05, 0) is 18.6 Å². The Morgan fingerprint density at radius 3 is 2.88 bits per heavy atom. The van der Waals surface area contributed by atoms with Crippen LogP contribution in [0, 0.1) is 6.92 Å². The first-order chi connectivity index (χ1) is 7.69. The van der Waals surface area contributed by atoms with Gasteiger partial charge >= 0.3 is 0 Å². The molecule has 0 unspecified atom stereocenters. The van der Waals surface area contributed by atoms with Crippen LogP contribution in [0.1, 0.15) is 11.3 Å². The maximum atomic E-state index is 11.3. The quantitative estimate of drug-likeness (QED) is 0.790. The number of hydrogen-bond acceptors (Lipinski definition) is 3. The molecule has 0 aliphatic heterocycles. The van der Waals surface area contributed by atoms with Crippen LogP contribution < -0.4 is 11.3 Å². The molecule has 2 aromatic rings. The molecular formula is C12H13N3O. The van der Waals surface area contributed by atoms with E-state index in [1.807, 2.05) is 24.3 Å². The highest BCUT2D eigenvalue weighted by Crippen LogP contribution is 2.15. The minimum atomic E-state index is -0.138. The van der Waals surface area contributed by atoms with Gasteiger partial charge in [0.1, 0.15) is 5.82 Å². The number of benzene rings is 1. The lowest BCUT2D eigenvalue weighted by Gasteiger charge is -2.03. The largest absolute Gasteiger partial charge is 0.326 e. The second-order valence-electron chi connectivity index (χ2n) is 3.64. The molecule has 1 heterocycles. The minimum absolute atomic E-state index is 0.138. The van der Waals surface area contributed by atoms with Gasteiger partial charge in [-0.25, -0.2) is 4.98 Å². The van der Waals surface area contributed by atoms with Crippen molar-refractivity contribution in [3.05, 3.63) is 51.9 Å². The molecule has 1 aromatic heterocycles. The average Bonchev–Trinajstić information content (AvgIpc) is 2.28. The minimum Gasteiger partial charge on any atom is -0.326 e. The number of rotatable bonds is 2. The van der Waals surface area contributed by atoms with E-state index in [0.717, 1.165) is 11.1 Å². The van der Waals surface area contributed by atoms with E-state index >= 15 is 0 Å². The Morgan fingerprint density at radius 1 is 1.38 bits per heavy atom. The molecule has 0 aliphatic rings. The van der Waals surface area contributed by atoms with Gasteiger partial charge in [-0.3, -0.25) is 4.79 Å². The van der Waals surface area contributed by atoms with Crippen LogP contribution in [0.15, 0.2) is 35.1 Å². The van der Waals surface area contributed by atoms with Crippen molar-refractivity contribution in [1.82, 2.24) is 9.97 Å². The Bertz CT molecular complexity index is 560. The Labute approximate surface area is 93.2 Å². The molecule has 0 saturated heterocycles. The maximum Gasteiger partial charge on any atom is 0.251 e. The number of nitrogens with one attached hydrogen (secondary N) is 1. The highest BCUT2D eigenvalue weighted by Gasteiger charge is 2.02. The van der Waals surface area contributed by atoms with Crippen LogP contribution in [0.3, 0.4) is 0 Å². The van der Waals surface area contributed by atoms with E-state index in [4.69, 9.17) is 5.73 Å². The van der Waals surface area contributed by atoms with E-state index < -0.39 is 0 Å². The third-order valence-electron chi connectivity index (χ3n) is 2.31. The topological polar surface area (TPSA) is 71.8 Å². The maximum absolute atomic E-state index is 11.3. The zero-order valence-corrected chi connectivity index (χ0v) is 9.03. The number of aromatic amines is 1.